The average Bonchev–Trinajstić information content (AvgIpc) is 2.92. The Morgan fingerprint density at radius 3 is 2.89 bits per heavy atom. The fourth-order valence-electron chi connectivity index (χ4n) is 2.81. The number of likely N-dealkylation sites (N-methyl/N-ethyl adjacent to an activating group) is 1. The lowest BCUT2D eigenvalue weighted by Gasteiger charge is -2.20. The first-order valence-corrected chi connectivity index (χ1v) is 7.40. The molecule has 2 fully saturated rings. The van der Waals surface area contributed by atoms with E-state index in [1.54, 1.807) is 0 Å². The second kappa shape index (κ2) is 5.65. The molecule has 0 amide bonds. The first-order chi connectivity index (χ1) is 9.22. The third kappa shape index (κ3) is 3.38. The van der Waals surface area contributed by atoms with Crippen molar-refractivity contribution >= 4 is 0 Å². The number of rotatable bonds is 6. The van der Waals surface area contributed by atoms with Gasteiger partial charge in [-0.25, -0.2) is 0 Å². The third-order valence-corrected chi connectivity index (χ3v) is 4.34. The molecule has 106 valence electrons. The molecule has 2 heterocycles. The Morgan fingerprint density at radius 1 is 1.37 bits per heavy atom. The topological polar surface area (TPSA) is 31.6 Å². The molecule has 4 nitrogen and oxygen atoms in total. The van der Waals surface area contributed by atoms with Gasteiger partial charge >= 0.3 is 0 Å². The smallest absolute Gasteiger partial charge is 0.122 e. The summed E-state index contributed by atoms with van der Waals surface area (Å²) >= 11 is 0. The molecule has 1 saturated heterocycles. The minimum Gasteiger partial charge on any atom is -0.468 e. The minimum atomic E-state index is 0.708. The second-order valence-corrected chi connectivity index (χ2v) is 6.17. The first kappa shape index (κ1) is 13.2. The van der Waals surface area contributed by atoms with Crippen LogP contribution in [0.15, 0.2) is 16.7 Å². The van der Waals surface area contributed by atoms with Crippen LogP contribution >= 0.6 is 0 Å². The summed E-state index contributed by atoms with van der Waals surface area (Å²) in [6.45, 7) is 4.29. The van der Waals surface area contributed by atoms with Gasteiger partial charge in [0.15, 0.2) is 0 Å². The molecule has 0 bridgehead atoms. The highest BCUT2D eigenvalue weighted by molar-refractivity contribution is 5.17. The van der Waals surface area contributed by atoms with Gasteiger partial charge in [0.2, 0.25) is 0 Å². The van der Waals surface area contributed by atoms with Crippen LogP contribution in [0.4, 0.5) is 0 Å². The molecular weight excluding hydrogens is 238 g/mol. The zero-order valence-corrected chi connectivity index (χ0v) is 12.1. The summed E-state index contributed by atoms with van der Waals surface area (Å²) in [6.07, 6.45) is 5.76. The number of furan rings is 1. The van der Waals surface area contributed by atoms with Crippen LogP contribution < -0.4 is 5.32 Å². The van der Waals surface area contributed by atoms with Gasteiger partial charge in [-0.3, -0.25) is 4.90 Å². The highest BCUT2D eigenvalue weighted by Gasteiger charge is 2.25. The zero-order valence-electron chi connectivity index (χ0n) is 12.1. The van der Waals surface area contributed by atoms with Crippen molar-refractivity contribution in [1.29, 1.82) is 0 Å². The van der Waals surface area contributed by atoms with Crippen LogP contribution in [-0.2, 0) is 13.1 Å². The second-order valence-electron chi connectivity index (χ2n) is 6.17. The number of nitrogens with one attached hydrogen (secondary N) is 1. The largest absolute Gasteiger partial charge is 0.468 e. The van der Waals surface area contributed by atoms with Crippen molar-refractivity contribution in [3.63, 3.8) is 0 Å². The summed E-state index contributed by atoms with van der Waals surface area (Å²) in [7, 11) is 4.36. The monoisotopic (exact) mass is 263 g/mol. The van der Waals surface area contributed by atoms with E-state index in [4.69, 9.17) is 4.42 Å². The molecule has 1 unspecified atom stereocenters. The zero-order chi connectivity index (χ0) is 13.2. The van der Waals surface area contributed by atoms with E-state index in [9.17, 15) is 0 Å². The van der Waals surface area contributed by atoms with Crippen molar-refractivity contribution in [2.45, 2.75) is 44.4 Å². The molecule has 1 N–H and O–H groups in total. The van der Waals surface area contributed by atoms with E-state index in [1.807, 2.05) is 6.26 Å². The fourth-order valence-corrected chi connectivity index (χ4v) is 2.81. The molecule has 4 heteroatoms. The lowest BCUT2D eigenvalue weighted by molar-refractivity contribution is 0.263. The van der Waals surface area contributed by atoms with E-state index >= 15 is 0 Å². The van der Waals surface area contributed by atoms with Crippen molar-refractivity contribution in [2.75, 3.05) is 27.2 Å². The number of hydrogen-bond donors (Lipinski definition) is 1. The van der Waals surface area contributed by atoms with Gasteiger partial charge in [-0.2, -0.15) is 0 Å². The van der Waals surface area contributed by atoms with Gasteiger partial charge in [-0.1, -0.05) is 0 Å². The van der Waals surface area contributed by atoms with Crippen LogP contribution in [0.1, 0.15) is 30.6 Å². The van der Waals surface area contributed by atoms with Crippen LogP contribution in [0.3, 0.4) is 0 Å². The quantitative estimate of drug-likeness (QED) is 0.846. The number of nitrogens with zero attached hydrogens (tertiary/aromatic N) is 2. The number of hydrogen-bond acceptors (Lipinski definition) is 4. The van der Waals surface area contributed by atoms with Gasteiger partial charge in [0.1, 0.15) is 5.76 Å². The molecule has 1 saturated carbocycles. The molecule has 1 aliphatic carbocycles. The molecule has 1 aromatic heterocycles. The number of likely N-dealkylation sites (tertiary alicyclic amines) is 1. The Kier molecular flexibility index (Phi) is 3.91. The van der Waals surface area contributed by atoms with E-state index in [1.165, 1.54) is 37.9 Å². The van der Waals surface area contributed by atoms with Gasteiger partial charge in [0.05, 0.1) is 12.8 Å². The standard InChI is InChI=1S/C15H25N3O/c1-17(2)14-5-7-18(11-14)10-12-6-8-19-15(12)9-16-13-3-4-13/h6,8,13-14,16H,3-5,7,9-11H2,1-2H3. The predicted octanol–water partition coefficient (Wildman–Crippen LogP) is 1.67. The van der Waals surface area contributed by atoms with Gasteiger partial charge in [0, 0.05) is 37.3 Å². The van der Waals surface area contributed by atoms with Crippen LogP contribution in [0, 0.1) is 0 Å². The van der Waals surface area contributed by atoms with Crippen LogP contribution in [-0.4, -0.2) is 49.1 Å². The van der Waals surface area contributed by atoms with Gasteiger partial charge in [-0.05, 0) is 39.4 Å². The van der Waals surface area contributed by atoms with E-state index in [-0.39, 0.29) is 0 Å². The Morgan fingerprint density at radius 2 is 2.21 bits per heavy atom. The minimum absolute atomic E-state index is 0.708. The van der Waals surface area contributed by atoms with Gasteiger partial charge < -0.3 is 14.6 Å². The summed E-state index contributed by atoms with van der Waals surface area (Å²) in [5.74, 6) is 1.13. The molecule has 1 aromatic rings. The van der Waals surface area contributed by atoms with Crippen molar-refractivity contribution in [3.05, 3.63) is 23.7 Å². The van der Waals surface area contributed by atoms with Crippen molar-refractivity contribution in [1.82, 2.24) is 15.1 Å². The highest BCUT2D eigenvalue weighted by Crippen LogP contribution is 2.22. The predicted molar refractivity (Wildman–Crippen MR) is 75.9 cm³/mol. The Balaban J connectivity index is 1.53. The summed E-state index contributed by atoms with van der Waals surface area (Å²) in [6, 6.07) is 3.58. The average molecular weight is 263 g/mol. The Hall–Kier alpha value is -0.840. The maximum absolute atomic E-state index is 5.63. The van der Waals surface area contributed by atoms with Crippen molar-refractivity contribution in [2.24, 2.45) is 0 Å². The molecule has 3 rings (SSSR count). The molecule has 0 spiro atoms. The van der Waals surface area contributed by atoms with Crippen molar-refractivity contribution in [3.8, 4) is 0 Å². The normalized spacial score (nSPS) is 24.5. The SMILES string of the molecule is CN(C)C1CCN(Cc2ccoc2CNC2CC2)C1. The summed E-state index contributed by atoms with van der Waals surface area (Å²) in [5.41, 5.74) is 1.35. The highest BCUT2D eigenvalue weighted by atomic mass is 16.3. The van der Waals surface area contributed by atoms with Crippen LogP contribution in [0.25, 0.3) is 0 Å². The van der Waals surface area contributed by atoms with E-state index in [0.717, 1.165) is 24.9 Å². The molecule has 1 atom stereocenters. The van der Waals surface area contributed by atoms with E-state index in [0.29, 0.717) is 6.04 Å². The summed E-state index contributed by atoms with van der Waals surface area (Å²) in [5, 5.41) is 3.53. The fraction of sp³-hybridized carbons (Fsp3) is 0.733. The summed E-state index contributed by atoms with van der Waals surface area (Å²) in [4.78, 5) is 4.88. The molecule has 0 aromatic carbocycles. The maximum Gasteiger partial charge on any atom is 0.122 e. The summed E-state index contributed by atoms with van der Waals surface area (Å²) < 4.78 is 5.63. The first-order valence-electron chi connectivity index (χ1n) is 7.40. The van der Waals surface area contributed by atoms with Gasteiger partial charge in [0.25, 0.3) is 0 Å². The molecular formula is C15H25N3O. The van der Waals surface area contributed by atoms with Gasteiger partial charge in [-0.15, -0.1) is 0 Å². The Bertz CT molecular complexity index is 411. The lowest BCUT2D eigenvalue weighted by atomic mass is 10.2. The third-order valence-electron chi connectivity index (χ3n) is 4.34. The molecule has 2 aliphatic rings. The van der Waals surface area contributed by atoms with Crippen LogP contribution in [0.5, 0.6) is 0 Å². The lowest BCUT2D eigenvalue weighted by Crippen LogP contribution is -2.31. The van der Waals surface area contributed by atoms with Crippen molar-refractivity contribution < 1.29 is 4.42 Å². The molecule has 19 heavy (non-hydrogen) atoms. The van der Waals surface area contributed by atoms with Crippen LogP contribution in [0.2, 0.25) is 0 Å². The van der Waals surface area contributed by atoms with E-state index in [2.05, 4.69) is 35.3 Å². The van der Waals surface area contributed by atoms with E-state index < -0.39 is 0 Å². The molecule has 0 radical (unpaired) electrons. The molecule has 1 aliphatic heterocycles. The maximum atomic E-state index is 5.63. The Labute approximate surface area is 115 Å².